The molecule has 0 radical (unpaired) electrons. The Kier molecular flexibility index (Phi) is 5.48. The van der Waals surface area contributed by atoms with Gasteiger partial charge < -0.3 is 25.1 Å². The molecule has 0 aromatic rings. The number of ether oxygens (including phenoxy) is 1. The van der Waals surface area contributed by atoms with Gasteiger partial charge in [-0.05, 0) is 37.9 Å². The molecule has 0 fully saturated rings. The van der Waals surface area contributed by atoms with Crippen molar-refractivity contribution in [2.24, 2.45) is 5.16 Å². The summed E-state index contributed by atoms with van der Waals surface area (Å²) in [7, 11) is 1.46. The maximum absolute atomic E-state index is 12.0. The number of oxime groups is 1. The van der Waals surface area contributed by atoms with Crippen molar-refractivity contribution < 1.29 is 29.4 Å². The van der Waals surface area contributed by atoms with Crippen LogP contribution in [0.3, 0.4) is 0 Å². The molecule has 0 saturated heterocycles. The highest BCUT2D eigenvalue weighted by Gasteiger charge is 2.50. The summed E-state index contributed by atoms with van der Waals surface area (Å²) in [5.41, 5.74) is -1.15. The number of carbonyl (C=O) groups is 2. The predicted molar refractivity (Wildman–Crippen MR) is 87.1 cm³/mol. The van der Waals surface area contributed by atoms with Crippen LogP contribution in [0.1, 0.15) is 12.8 Å². The minimum absolute atomic E-state index is 0.0142. The SMILES string of the molecule is COC1=C(Br)C(O)C2(C=C1Br)CC(C(=O)NCCC(=O)O)=NO2. The van der Waals surface area contributed by atoms with Gasteiger partial charge in [0.1, 0.15) is 17.6 Å². The van der Waals surface area contributed by atoms with E-state index in [-0.39, 0.29) is 25.1 Å². The Bertz CT molecular complexity index is 630. The summed E-state index contributed by atoms with van der Waals surface area (Å²) < 4.78 is 6.10. The van der Waals surface area contributed by atoms with Gasteiger partial charge in [0, 0.05) is 13.0 Å². The van der Waals surface area contributed by atoms with Crippen LogP contribution in [0.2, 0.25) is 0 Å². The molecule has 0 aromatic carbocycles. The summed E-state index contributed by atoms with van der Waals surface area (Å²) in [6, 6.07) is 0. The molecule has 2 atom stereocenters. The zero-order chi connectivity index (χ0) is 17.2. The monoisotopic (exact) mass is 452 g/mol. The van der Waals surface area contributed by atoms with Crippen LogP contribution < -0.4 is 5.32 Å². The van der Waals surface area contributed by atoms with E-state index < -0.39 is 23.6 Å². The number of carboxylic acids is 1. The van der Waals surface area contributed by atoms with Crippen LogP contribution in [0.25, 0.3) is 0 Å². The summed E-state index contributed by atoms with van der Waals surface area (Å²) in [5.74, 6) is -1.12. The van der Waals surface area contributed by atoms with Crippen molar-refractivity contribution >= 4 is 49.4 Å². The molecule has 23 heavy (non-hydrogen) atoms. The molecular weight excluding hydrogens is 440 g/mol. The Balaban J connectivity index is 2.07. The number of aliphatic hydroxyl groups is 1. The standard InChI is InChI=1S/C13H14Br2N2O6/c1-22-10-6(14)4-13(11(20)9(10)15)5-7(17-23-13)12(21)16-3-2-8(18)19/h4,11,20H,2-3,5H2,1H3,(H,16,21)(H,18,19). The first-order valence-corrected chi connectivity index (χ1v) is 8.15. The van der Waals surface area contributed by atoms with Gasteiger partial charge in [-0.15, -0.1) is 0 Å². The van der Waals surface area contributed by atoms with E-state index >= 15 is 0 Å². The zero-order valence-corrected chi connectivity index (χ0v) is 15.2. The Hall–Kier alpha value is -1.39. The van der Waals surface area contributed by atoms with Crippen LogP contribution in [-0.4, -0.2) is 53.2 Å². The van der Waals surface area contributed by atoms with Gasteiger partial charge in [-0.3, -0.25) is 9.59 Å². The Morgan fingerprint density at radius 2 is 2.26 bits per heavy atom. The number of carboxylic acid groups (broad SMARTS) is 1. The van der Waals surface area contributed by atoms with Crippen LogP contribution in [0.4, 0.5) is 0 Å². The maximum atomic E-state index is 12.0. The molecule has 126 valence electrons. The molecule has 1 heterocycles. The lowest BCUT2D eigenvalue weighted by Crippen LogP contribution is -2.45. The fourth-order valence-electron chi connectivity index (χ4n) is 2.20. The van der Waals surface area contributed by atoms with E-state index in [1.54, 1.807) is 6.08 Å². The minimum atomic E-state index is -1.22. The fraction of sp³-hybridized carbons (Fsp3) is 0.462. The van der Waals surface area contributed by atoms with Crippen molar-refractivity contribution in [3.05, 3.63) is 20.8 Å². The Morgan fingerprint density at radius 3 is 2.87 bits per heavy atom. The number of nitrogens with one attached hydrogen (secondary N) is 1. The van der Waals surface area contributed by atoms with Crippen LogP contribution in [0.15, 0.2) is 26.0 Å². The molecule has 1 spiro atoms. The highest BCUT2D eigenvalue weighted by molar-refractivity contribution is 9.12. The average Bonchev–Trinajstić information content (AvgIpc) is 2.90. The van der Waals surface area contributed by atoms with E-state index in [4.69, 9.17) is 14.7 Å². The van der Waals surface area contributed by atoms with E-state index in [1.165, 1.54) is 7.11 Å². The second-order valence-electron chi connectivity index (χ2n) is 4.94. The molecule has 2 unspecified atom stereocenters. The van der Waals surface area contributed by atoms with Crippen molar-refractivity contribution in [1.82, 2.24) is 5.32 Å². The van der Waals surface area contributed by atoms with Crippen molar-refractivity contribution in [2.75, 3.05) is 13.7 Å². The van der Waals surface area contributed by atoms with E-state index in [1.807, 2.05) is 0 Å². The molecule has 1 amide bonds. The first-order valence-electron chi connectivity index (χ1n) is 6.56. The summed E-state index contributed by atoms with van der Waals surface area (Å²) in [5, 5.41) is 25.2. The lowest BCUT2D eigenvalue weighted by molar-refractivity contribution is -0.136. The lowest BCUT2D eigenvalue weighted by Gasteiger charge is -2.33. The Morgan fingerprint density at radius 1 is 1.57 bits per heavy atom. The predicted octanol–water partition coefficient (Wildman–Crippen LogP) is 0.999. The van der Waals surface area contributed by atoms with Crippen LogP contribution in [-0.2, 0) is 19.2 Å². The molecule has 2 aliphatic rings. The molecule has 1 aliphatic heterocycles. The van der Waals surface area contributed by atoms with Gasteiger partial charge in [0.2, 0.25) is 0 Å². The molecule has 3 N–H and O–H groups in total. The van der Waals surface area contributed by atoms with Crippen LogP contribution >= 0.6 is 31.9 Å². The second-order valence-corrected chi connectivity index (χ2v) is 6.65. The van der Waals surface area contributed by atoms with Crippen molar-refractivity contribution in [3.8, 4) is 0 Å². The number of allylic oxidation sites excluding steroid dienone is 1. The molecule has 8 nitrogen and oxygen atoms in total. The Labute approximate surface area is 148 Å². The quantitative estimate of drug-likeness (QED) is 0.571. The maximum Gasteiger partial charge on any atom is 0.305 e. The third kappa shape index (κ3) is 3.59. The van der Waals surface area contributed by atoms with Gasteiger partial charge in [-0.1, -0.05) is 5.16 Å². The third-order valence-corrected chi connectivity index (χ3v) is 4.75. The van der Waals surface area contributed by atoms with E-state index in [0.717, 1.165) is 0 Å². The molecule has 0 saturated carbocycles. The van der Waals surface area contributed by atoms with Crippen LogP contribution in [0.5, 0.6) is 0 Å². The highest BCUT2D eigenvalue weighted by Crippen LogP contribution is 2.43. The third-order valence-electron chi connectivity index (χ3n) is 3.37. The number of rotatable bonds is 5. The summed E-state index contributed by atoms with van der Waals surface area (Å²) in [6.07, 6.45) is 0.327. The largest absolute Gasteiger partial charge is 0.495 e. The first-order chi connectivity index (χ1) is 10.8. The molecule has 10 heteroatoms. The van der Waals surface area contributed by atoms with Gasteiger partial charge in [0.25, 0.3) is 5.91 Å². The van der Waals surface area contributed by atoms with Crippen molar-refractivity contribution in [1.29, 1.82) is 0 Å². The van der Waals surface area contributed by atoms with Gasteiger partial charge in [-0.2, -0.15) is 0 Å². The lowest BCUT2D eigenvalue weighted by atomic mass is 9.87. The van der Waals surface area contributed by atoms with Gasteiger partial charge in [0.05, 0.1) is 22.5 Å². The minimum Gasteiger partial charge on any atom is -0.495 e. The molecular formula is C13H14Br2N2O6. The van der Waals surface area contributed by atoms with Gasteiger partial charge in [0.15, 0.2) is 5.60 Å². The smallest absolute Gasteiger partial charge is 0.305 e. The number of hydrogen-bond donors (Lipinski definition) is 3. The van der Waals surface area contributed by atoms with Crippen molar-refractivity contribution in [3.63, 3.8) is 0 Å². The number of amides is 1. The number of halogens is 2. The van der Waals surface area contributed by atoms with Crippen molar-refractivity contribution in [2.45, 2.75) is 24.5 Å². The second kappa shape index (κ2) is 7.02. The van der Waals surface area contributed by atoms with Crippen LogP contribution in [0, 0.1) is 0 Å². The van der Waals surface area contributed by atoms with E-state index in [2.05, 4.69) is 42.3 Å². The molecule has 2 rings (SSSR count). The zero-order valence-electron chi connectivity index (χ0n) is 12.0. The summed E-state index contributed by atoms with van der Waals surface area (Å²) in [6.45, 7) is -0.0142. The van der Waals surface area contributed by atoms with Gasteiger partial charge >= 0.3 is 5.97 Å². The number of carbonyl (C=O) groups excluding carboxylic acids is 1. The number of aliphatic hydroxyl groups excluding tert-OH is 1. The summed E-state index contributed by atoms with van der Waals surface area (Å²) in [4.78, 5) is 27.7. The first kappa shape index (κ1) is 18.0. The van der Waals surface area contributed by atoms with E-state index in [0.29, 0.717) is 14.7 Å². The average molecular weight is 454 g/mol. The molecule has 0 bridgehead atoms. The number of aliphatic carboxylic acids is 1. The summed E-state index contributed by atoms with van der Waals surface area (Å²) >= 11 is 6.58. The van der Waals surface area contributed by atoms with Gasteiger partial charge in [-0.25, -0.2) is 0 Å². The number of hydrogen-bond acceptors (Lipinski definition) is 6. The number of methoxy groups -OCH3 is 1. The highest BCUT2D eigenvalue weighted by atomic mass is 79.9. The molecule has 1 aliphatic carbocycles. The number of nitrogens with zero attached hydrogens (tertiary/aromatic N) is 1. The topological polar surface area (TPSA) is 117 Å². The fourth-order valence-corrected chi connectivity index (χ4v) is 4.00. The molecule has 0 aromatic heterocycles. The normalized spacial score (nSPS) is 26.5. The van der Waals surface area contributed by atoms with E-state index in [9.17, 15) is 14.7 Å².